The fraction of sp³-hybridized carbons (Fsp3) is 0. The van der Waals surface area contributed by atoms with Gasteiger partial charge in [0.25, 0.3) is 0 Å². The van der Waals surface area contributed by atoms with Crippen molar-refractivity contribution in [1.29, 1.82) is 0 Å². The number of nitrogens with zero attached hydrogens (tertiary/aromatic N) is 2. The van der Waals surface area contributed by atoms with Gasteiger partial charge < -0.3 is 5.11 Å². The van der Waals surface area contributed by atoms with Gasteiger partial charge in [-0.2, -0.15) is 10.2 Å². The lowest BCUT2D eigenvalue weighted by atomic mass is 10.1. The minimum atomic E-state index is 0.294. The smallest absolute Gasteiger partial charge is 0.124 e. The van der Waals surface area contributed by atoms with E-state index >= 15 is 0 Å². The van der Waals surface area contributed by atoms with Crippen molar-refractivity contribution in [3.63, 3.8) is 0 Å². The van der Waals surface area contributed by atoms with Crippen molar-refractivity contribution in [3.8, 4) is 5.75 Å². The first-order chi connectivity index (χ1) is 6.36. The van der Waals surface area contributed by atoms with Gasteiger partial charge in [-0.05, 0) is 17.7 Å². The van der Waals surface area contributed by atoms with E-state index < -0.39 is 0 Å². The van der Waals surface area contributed by atoms with Crippen LogP contribution in [0.4, 0.5) is 0 Å². The Morgan fingerprint density at radius 2 is 2.15 bits per heavy atom. The molecule has 1 heterocycles. The Morgan fingerprint density at radius 1 is 1.23 bits per heavy atom. The van der Waals surface area contributed by atoms with Crippen LogP contribution in [0.5, 0.6) is 5.75 Å². The van der Waals surface area contributed by atoms with Gasteiger partial charge in [-0.15, -0.1) is 0 Å². The van der Waals surface area contributed by atoms with Crippen molar-refractivity contribution in [3.05, 3.63) is 41.2 Å². The van der Waals surface area contributed by atoms with Gasteiger partial charge >= 0.3 is 0 Å². The van der Waals surface area contributed by atoms with Gasteiger partial charge in [0.05, 0.1) is 11.9 Å². The summed E-state index contributed by atoms with van der Waals surface area (Å²) in [7, 11) is 0. The van der Waals surface area contributed by atoms with Gasteiger partial charge in [0, 0.05) is 11.1 Å². The van der Waals surface area contributed by atoms with Gasteiger partial charge in [-0.1, -0.05) is 12.1 Å². The number of hydrogen-bond donors (Lipinski definition) is 1. The highest BCUT2D eigenvalue weighted by Crippen LogP contribution is 2.43. The maximum Gasteiger partial charge on any atom is 0.124 e. The molecule has 0 saturated carbocycles. The molecule has 0 aromatic heterocycles. The zero-order chi connectivity index (χ0) is 8.84. The highest BCUT2D eigenvalue weighted by Gasteiger charge is 2.24. The van der Waals surface area contributed by atoms with Crippen LogP contribution in [0.15, 0.2) is 40.3 Å². The molecule has 0 saturated heterocycles. The van der Waals surface area contributed by atoms with Crippen LogP contribution < -0.4 is 0 Å². The molecule has 1 aromatic rings. The van der Waals surface area contributed by atoms with E-state index in [0.29, 0.717) is 5.75 Å². The van der Waals surface area contributed by atoms with Gasteiger partial charge in [0.15, 0.2) is 0 Å². The lowest BCUT2D eigenvalue weighted by molar-refractivity contribution is 0.473. The van der Waals surface area contributed by atoms with Crippen molar-refractivity contribution < 1.29 is 5.11 Å². The summed E-state index contributed by atoms with van der Waals surface area (Å²) in [5.41, 5.74) is 3.63. The first-order valence-electron chi connectivity index (χ1n) is 4.02. The Balaban J connectivity index is 2.34. The third kappa shape index (κ3) is 0.731. The molecule has 1 aromatic carbocycles. The van der Waals surface area contributed by atoms with Crippen LogP contribution in [0.2, 0.25) is 0 Å². The molecule has 0 unspecified atom stereocenters. The second-order valence-electron chi connectivity index (χ2n) is 3.03. The maximum atomic E-state index is 9.62. The van der Waals surface area contributed by atoms with Crippen molar-refractivity contribution in [2.45, 2.75) is 0 Å². The molecular formula is C10H6N2O. The monoisotopic (exact) mass is 170 g/mol. The second kappa shape index (κ2) is 2.07. The molecule has 3 nitrogen and oxygen atoms in total. The van der Waals surface area contributed by atoms with Gasteiger partial charge in [-0.3, -0.25) is 0 Å². The van der Waals surface area contributed by atoms with E-state index in [9.17, 15) is 5.11 Å². The van der Waals surface area contributed by atoms with E-state index in [-0.39, 0.29) is 0 Å². The van der Waals surface area contributed by atoms with Crippen LogP contribution in [0.25, 0.3) is 11.6 Å². The quantitative estimate of drug-likeness (QED) is 0.638. The average molecular weight is 170 g/mol. The summed E-state index contributed by atoms with van der Waals surface area (Å²) in [6.07, 6.45) is 3.61. The van der Waals surface area contributed by atoms with Gasteiger partial charge in [-0.25, -0.2) is 0 Å². The fourth-order valence-corrected chi connectivity index (χ4v) is 1.69. The number of benzene rings is 1. The van der Waals surface area contributed by atoms with E-state index in [4.69, 9.17) is 0 Å². The number of fused-ring (bicyclic) bond motifs is 3. The summed E-state index contributed by atoms with van der Waals surface area (Å²) in [5, 5.41) is 17.3. The molecule has 0 spiro atoms. The Labute approximate surface area is 74.7 Å². The van der Waals surface area contributed by atoms with E-state index in [1.807, 2.05) is 18.2 Å². The molecule has 62 valence electrons. The number of allylic oxidation sites excluding steroid dienone is 1. The maximum absolute atomic E-state index is 9.62. The SMILES string of the molecule is Oc1cccc2c1C1=CN=NC1=C2. The first-order valence-corrected chi connectivity index (χ1v) is 4.02. The number of phenols is 1. The van der Waals surface area contributed by atoms with Gasteiger partial charge in [0.2, 0.25) is 0 Å². The molecule has 2 aliphatic rings. The van der Waals surface area contributed by atoms with Crippen molar-refractivity contribution >= 4 is 11.6 Å². The molecule has 0 atom stereocenters. The lowest BCUT2D eigenvalue weighted by Crippen LogP contribution is -1.81. The Bertz CT molecular complexity index is 484. The third-order valence-electron chi connectivity index (χ3n) is 2.26. The highest BCUT2D eigenvalue weighted by atomic mass is 16.3. The van der Waals surface area contributed by atoms with Gasteiger partial charge in [0.1, 0.15) is 5.75 Å². The molecule has 0 bridgehead atoms. The zero-order valence-corrected chi connectivity index (χ0v) is 6.73. The number of azo groups is 1. The van der Waals surface area contributed by atoms with Crippen molar-refractivity contribution in [2.24, 2.45) is 10.2 Å². The molecule has 3 rings (SSSR count). The third-order valence-corrected chi connectivity index (χ3v) is 2.26. The van der Waals surface area contributed by atoms with Crippen LogP contribution in [0.3, 0.4) is 0 Å². The fourth-order valence-electron chi connectivity index (χ4n) is 1.69. The summed E-state index contributed by atoms with van der Waals surface area (Å²) in [4.78, 5) is 0. The molecule has 0 fully saturated rings. The summed E-state index contributed by atoms with van der Waals surface area (Å²) in [6, 6.07) is 5.45. The predicted molar refractivity (Wildman–Crippen MR) is 48.9 cm³/mol. The molecule has 1 aliphatic heterocycles. The van der Waals surface area contributed by atoms with E-state index in [1.54, 1.807) is 12.3 Å². The van der Waals surface area contributed by atoms with E-state index in [0.717, 1.165) is 22.4 Å². The van der Waals surface area contributed by atoms with E-state index in [1.165, 1.54) is 0 Å². The first kappa shape index (κ1) is 6.60. The van der Waals surface area contributed by atoms with Crippen LogP contribution in [0, 0.1) is 0 Å². The number of phenolic OH excluding ortho intramolecular Hbond substituents is 1. The average Bonchev–Trinajstić information content (AvgIpc) is 2.62. The summed E-state index contributed by atoms with van der Waals surface area (Å²) < 4.78 is 0. The number of hydrogen-bond acceptors (Lipinski definition) is 3. The highest BCUT2D eigenvalue weighted by molar-refractivity contribution is 5.96. The summed E-state index contributed by atoms with van der Waals surface area (Å²) in [6.45, 7) is 0. The molecule has 3 heteroatoms. The van der Waals surface area contributed by atoms with Crippen molar-refractivity contribution in [2.75, 3.05) is 0 Å². The molecule has 13 heavy (non-hydrogen) atoms. The van der Waals surface area contributed by atoms with Crippen LogP contribution >= 0.6 is 0 Å². The summed E-state index contributed by atoms with van der Waals surface area (Å²) in [5.74, 6) is 0.294. The van der Waals surface area contributed by atoms with Crippen molar-refractivity contribution in [1.82, 2.24) is 0 Å². The minimum Gasteiger partial charge on any atom is -0.507 e. The normalized spacial score (nSPS) is 16.6. The molecular weight excluding hydrogens is 164 g/mol. The molecule has 1 N–H and O–H groups in total. The molecule has 0 amide bonds. The molecule has 0 radical (unpaired) electrons. The lowest BCUT2D eigenvalue weighted by Gasteiger charge is -2.01. The Kier molecular flexibility index (Phi) is 1.05. The minimum absolute atomic E-state index is 0.294. The largest absolute Gasteiger partial charge is 0.507 e. The van der Waals surface area contributed by atoms with Crippen LogP contribution in [-0.2, 0) is 0 Å². The van der Waals surface area contributed by atoms with Crippen LogP contribution in [-0.4, -0.2) is 5.11 Å². The Hall–Kier alpha value is -1.90. The summed E-state index contributed by atoms with van der Waals surface area (Å²) >= 11 is 0. The standard InChI is InChI=1S/C10H6N2O/c13-9-3-1-2-6-4-8-7(10(6)9)5-11-12-8/h1-5,13H. The van der Waals surface area contributed by atoms with E-state index in [2.05, 4.69) is 10.2 Å². The molecule has 1 aliphatic carbocycles. The number of rotatable bonds is 0. The Morgan fingerprint density at radius 3 is 3.08 bits per heavy atom. The predicted octanol–water partition coefficient (Wildman–Crippen LogP) is 2.55. The second-order valence-corrected chi connectivity index (χ2v) is 3.03. The van der Waals surface area contributed by atoms with Crippen LogP contribution in [0.1, 0.15) is 11.1 Å². The topological polar surface area (TPSA) is 45.0 Å². The number of aromatic hydroxyl groups is 1. The zero-order valence-electron chi connectivity index (χ0n) is 6.73.